The summed E-state index contributed by atoms with van der Waals surface area (Å²) in [7, 11) is -2.32. The molecule has 26 heavy (non-hydrogen) atoms. The molecule has 0 radical (unpaired) electrons. The van der Waals surface area contributed by atoms with Crippen molar-refractivity contribution in [2.75, 3.05) is 16.2 Å². The Morgan fingerprint density at radius 3 is 2.35 bits per heavy atom. The van der Waals surface area contributed by atoms with E-state index in [1.165, 1.54) is 24.3 Å². The van der Waals surface area contributed by atoms with Crippen LogP contribution in [0.3, 0.4) is 0 Å². The number of alkyl halides is 3. The number of hydrogen-bond donors (Lipinski definition) is 4. The van der Waals surface area contributed by atoms with Gasteiger partial charge in [-0.1, -0.05) is 10.9 Å². The molecule has 0 atom stereocenters. The van der Waals surface area contributed by atoms with Gasteiger partial charge in [0.1, 0.15) is 0 Å². The van der Waals surface area contributed by atoms with Crippen LogP contribution in [-0.2, 0) is 21.3 Å². The van der Waals surface area contributed by atoms with E-state index in [-0.39, 0.29) is 23.5 Å². The lowest BCUT2D eigenvalue weighted by Gasteiger charge is -2.15. The van der Waals surface area contributed by atoms with Crippen LogP contribution in [0, 0.1) is 0 Å². The minimum Gasteiger partial charge on any atom is -0.454 e. The van der Waals surface area contributed by atoms with Crippen molar-refractivity contribution in [1.82, 2.24) is 9.97 Å². The van der Waals surface area contributed by atoms with Crippen molar-refractivity contribution in [1.29, 1.82) is 0 Å². The second kappa shape index (κ2) is 8.19. The zero-order valence-corrected chi connectivity index (χ0v) is 14.5. The lowest BCUT2D eigenvalue weighted by molar-refractivity contribution is -0.141. The third-order valence-corrected chi connectivity index (χ3v) is 3.19. The second-order valence-electron chi connectivity index (χ2n) is 5.38. The summed E-state index contributed by atoms with van der Waals surface area (Å²) in [6.07, 6.45) is -4.62. The fourth-order valence-corrected chi connectivity index (χ4v) is 2.11. The van der Waals surface area contributed by atoms with E-state index in [2.05, 4.69) is 30.5 Å². The average Bonchev–Trinajstić information content (AvgIpc) is 2.52. The van der Waals surface area contributed by atoms with Crippen molar-refractivity contribution in [3.05, 3.63) is 36.0 Å². The zero-order valence-electron chi connectivity index (χ0n) is 13.7. The maximum absolute atomic E-state index is 13.0. The number of benzene rings is 1. The van der Waals surface area contributed by atoms with E-state index < -0.39 is 22.7 Å². The smallest absolute Gasteiger partial charge is 0.433 e. The average molecular weight is 389 g/mol. The first kappa shape index (κ1) is 19.7. The highest BCUT2D eigenvalue weighted by molar-refractivity contribution is 7.68. The second-order valence-corrected chi connectivity index (χ2v) is 6.02. The molecular formula is C14H16F3N6O2S-. The number of rotatable bonds is 6. The molecule has 12 heteroatoms. The molecule has 1 aromatic heterocycles. The number of nitrogens with one attached hydrogen (secondary N) is 3. The lowest BCUT2D eigenvalue weighted by Crippen LogP contribution is -2.18. The summed E-state index contributed by atoms with van der Waals surface area (Å²) in [4.78, 5) is 7.43. The van der Waals surface area contributed by atoms with Crippen LogP contribution in [0.5, 0.6) is 0 Å². The quantitative estimate of drug-likeness (QED) is 0.336. The van der Waals surface area contributed by atoms with Gasteiger partial charge in [0.25, 0.3) is 0 Å². The van der Waals surface area contributed by atoms with Gasteiger partial charge >= 0.3 is 6.18 Å². The molecule has 0 aliphatic rings. The summed E-state index contributed by atoms with van der Waals surface area (Å²) in [6, 6.07) is 6.61. The van der Waals surface area contributed by atoms with E-state index in [9.17, 15) is 17.4 Å². The Balaban J connectivity index is 2.17. The molecule has 1 heterocycles. The predicted molar refractivity (Wildman–Crippen MR) is 92.2 cm³/mol. The van der Waals surface area contributed by atoms with E-state index in [4.69, 9.17) is 4.55 Å². The van der Waals surface area contributed by atoms with Gasteiger partial charge in [0, 0.05) is 17.8 Å². The van der Waals surface area contributed by atoms with Gasteiger partial charge in [-0.25, -0.2) is 4.98 Å². The minimum absolute atomic E-state index is 0.0827. The Labute approximate surface area is 149 Å². The summed E-state index contributed by atoms with van der Waals surface area (Å²) >= 11 is 0. The van der Waals surface area contributed by atoms with Crippen LogP contribution in [0.15, 0.2) is 34.7 Å². The van der Waals surface area contributed by atoms with Gasteiger partial charge in [0.15, 0.2) is 11.5 Å². The van der Waals surface area contributed by atoms with E-state index in [1.807, 2.05) is 0 Å². The van der Waals surface area contributed by atoms with Crippen molar-refractivity contribution >= 4 is 34.0 Å². The molecule has 0 saturated carbocycles. The Kier molecular flexibility index (Phi) is 6.21. The molecule has 0 amide bonds. The minimum atomic E-state index is -4.62. The van der Waals surface area contributed by atoms with Crippen molar-refractivity contribution < 1.29 is 21.9 Å². The van der Waals surface area contributed by atoms with Gasteiger partial charge in [-0.15, -0.1) is 0 Å². The van der Waals surface area contributed by atoms with Gasteiger partial charge in [0.2, 0.25) is 5.95 Å². The first-order valence-corrected chi connectivity index (χ1v) is 8.37. The maximum atomic E-state index is 13.0. The summed E-state index contributed by atoms with van der Waals surface area (Å²) in [5.74, 6) is -0.237. The Morgan fingerprint density at radius 1 is 1.15 bits per heavy atom. The van der Waals surface area contributed by atoms with Crippen LogP contribution in [0.1, 0.15) is 19.5 Å². The monoisotopic (exact) mass is 389 g/mol. The highest BCUT2D eigenvalue weighted by Gasteiger charge is 2.33. The molecule has 8 nitrogen and oxygen atoms in total. The molecule has 0 aliphatic heterocycles. The van der Waals surface area contributed by atoms with E-state index >= 15 is 0 Å². The Hall–Kier alpha value is -2.60. The van der Waals surface area contributed by atoms with Gasteiger partial charge in [0.05, 0.1) is 5.69 Å². The molecule has 0 unspecified atom stereocenters. The molecule has 1 aromatic carbocycles. The fourth-order valence-electron chi connectivity index (χ4n) is 1.81. The SMILES string of the molecule is CC(C)Nc1nc(NNc2ccc(N=[S-](=O)O)cc2)cc(C(F)(F)F)n1. The summed E-state index contributed by atoms with van der Waals surface area (Å²) in [6.45, 7) is 3.50. The molecule has 2 rings (SSSR count). The summed E-state index contributed by atoms with van der Waals surface area (Å²) < 4.78 is 61.6. The van der Waals surface area contributed by atoms with E-state index in [0.717, 1.165) is 6.07 Å². The zero-order chi connectivity index (χ0) is 19.3. The van der Waals surface area contributed by atoms with Crippen LogP contribution < -0.4 is 16.2 Å². The molecule has 0 spiro atoms. The third-order valence-electron chi connectivity index (χ3n) is 2.82. The fraction of sp³-hybridized carbons (Fsp3) is 0.286. The summed E-state index contributed by atoms with van der Waals surface area (Å²) in [5, 5.41) is 2.73. The van der Waals surface area contributed by atoms with Gasteiger partial charge in [-0.3, -0.25) is 10.9 Å². The maximum Gasteiger partial charge on any atom is 0.433 e. The van der Waals surface area contributed by atoms with Crippen LogP contribution >= 0.6 is 0 Å². The number of nitrogens with zero attached hydrogens (tertiary/aromatic N) is 3. The van der Waals surface area contributed by atoms with Gasteiger partial charge in [-0.2, -0.15) is 18.2 Å². The van der Waals surface area contributed by atoms with E-state index in [0.29, 0.717) is 5.69 Å². The lowest BCUT2D eigenvalue weighted by atomic mass is 10.3. The highest BCUT2D eigenvalue weighted by atomic mass is 32.2. The largest absolute Gasteiger partial charge is 0.454 e. The van der Waals surface area contributed by atoms with Crippen molar-refractivity contribution in [3.8, 4) is 0 Å². The van der Waals surface area contributed by atoms with E-state index in [1.54, 1.807) is 13.8 Å². The molecule has 4 N–H and O–H groups in total. The third kappa shape index (κ3) is 6.04. The number of anilines is 3. The van der Waals surface area contributed by atoms with Crippen molar-refractivity contribution in [2.24, 2.45) is 4.36 Å². The van der Waals surface area contributed by atoms with Crippen LogP contribution in [0.2, 0.25) is 0 Å². The van der Waals surface area contributed by atoms with Crippen molar-refractivity contribution in [2.45, 2.75) is 26.1 Å². The number of halogens is 3. The van der Waals surface area contributed by atoms with Crippen LogP contribution in [0.25, 0.3) is 0 Å². The molecule has 0 saturated heterocycles. The first-order chi connectivity index (χ1) is 12.1. The molecule has 0 aliphatic carbocycles. The molecular weight excluding hydrogens is 373 g/mol. The number of hydrogen-bond acceptors (Lipinski definition) is 8. The molecule has 142 valence electrons. The normalized spacial score (nSPS) is 12.9. The van der Waals surface area contributed by atoms with Crippen LogP contribution in [-0.4, -0.2) is 20.6 Å². The molecule has 2 aromatic rings. The Morgan fingerprint density at radius 2 is 1.81 bits per heavy atom. The molecule has 0 fully saturated rings. The van der Waals surface area contributed by atoms with Crippen LogP contribution in [0.4, 0.5) is 36.3 Å². The Bertz CT molecular complexity index is 836. The first-order valence-electron chi connectivity index (χ1n) is 7.31. The standard InChI is InChI=1S/C14H16F3N6O2S/c1-8(2)18-13-19-11(14(15,16)17)7-12(20-13)22-21-9-3-5-10(6-4-9)23-26(24)25/h3-8,21H,1-2H3,(H,23,24,25)(H2,18,19,20,22)/q-1. The predicted octanol–water partition coefficient (Wildman–Crippen LogP) is 4.01. The topological polar surface area (TPSA) is 112 Å². The van der Waals surface area contributed by atoms with Crippen molar-refractivity contribution in [3.63, 3.8) is 0 Å². The molecule has 0 bridgehead atoms. The summed E-state index contributed by atoms with van der Waals surface area (Å²) in [5.41, 5.74) is 4.93. The number of hydrazine groups is 1. The van der Waals surface area contributed by atoms with Gasteiger partial charge in [-0.05, 0) is 38.1 Å². The highest BCUT2D eigenvalue weighted by Crippen LogP contribution is 2.29. The number of aromatic nitrogens is 2. The van der Waals surface area contributed by atoms with Gasteiger partial charge < -0.3 is 18.4 Å².